The van der Waals surface area contributed by atoms with Crippen LogP contribution in [0.15, 0.2) is 18.2 Å². The molecule has 0 saturated carbocycles. The highest BCUT2D eigenvalue weighted by Gasteiger charge is 2.20. The first-order valence-electron chi connectivity index (χ1n) is 8.76. The first-order chi connectivity index (χ1) is 10.7. The molecule has 1 N–H and O–H groups in total. The molecule has 0 heterocycles. The summed E-state index contributed by atoms with van der Waals surface area (Å²) in [6.07, 6.45) is 0. The van der Waals surface area contributed by atoms with Crippen molar-refractivity contribution in [2.24, 2.45) is 0 Å². The number of benzene rings is 1. The Morgan fingerprint density at radius 2 is 1.33 bits per heavy atom. The van der Waals surface area contributed by atoms with E-state index >= 15 is 0 Å². The molecule has 0 aliphatic rings. The Morgan fingerprint density at radius 3 is 1.71 bits per heavy atom. The lowest BCUT2D eigenvalue weighted by atomic mass is 9.79. The summed E-state index contributed by atoms with van der Waals surface area (Å²) in [6.45, 7) is 19.9. The highest BCUT2D eigenvalue weighted by Crippen LogP contribution is 2.30. The normalized spacial score (nSPS) is 13.0. The Hall–Kier alpha value is -1.35. The summed E-state index contributed by atoms with van der Waals surface area (Å²) in [7, 11) is 0. The van der Waals surface area contributed by atoms with E-state index in [4.69, 9.17) is 4.74 Å². The Labute approximate surface area is 148 Å². The van der Waals surface area contributed by atoms with Crippen molar-refractivity contribution in [2.45, 2.75) is 85.3 Å². The number of rotatable bonds is 4. The number of carbonyl (C=O) groups excluding carboxylic acids is 1. The second kappa shape index (κ2) is 7.26. The first-order valence-corrected chi connectivity index (χ1v) is 8.76. The van der Waals surface area contributed by atoms with Crippen LogP contribution in [-0.2, 0) is 26.9 Å². The molecule has 0 aromatic heterocycles. The highest BCUT2D eigenvalue weighted by molar-refractivity contribution is 5.72. The maximum Gasteiger partial charge on any atom is 0.320 e. The molecule has 1 rings (SSSR count). The summed E-state index contributed by atoms with van der Waals surface area (Å²) in [5.74, 6) is -0.217. The number of esters is 1. The molecule has 24 heavy (non-hydrogen) atoms. The highest BCUT2D eigenvalue weighted by atomic mass is 16.6. The molecule has 0 atom stereocenters. The smallest absolute Gasteiger partial charge is 0.320 e. The van der Waals surface area contributed by atoms with E-state index in [2.05, 4.69) is 65.1 Å². The predicted octanol–water partition coefficient (Wildman–Crippen LogP) is 4.71. The lowest BCUT2D eigenvalue weighted by Gasteiger charge is -2.26. The standard InChI is InChI=1S/C21H35NO2/c1-19(2,3)16-10-15(11-17(12-16)20(4,5)6)13-22-14-18(23)24-21(7,8)9/h10-12,22H,13-14H2,1-9H3. The molecule has 0 radical (unpaired) electrons. The third-order valence-electron chi connectivity index (χ3n) is 3.74. The number of ether oxygens (including phenoxy) is 1. The molecular formula is C21H35NO2. The van der Waals surface area contributed by atoms with E-state index in [1.165, 1.54) is 16.7 Å². The predicted molar refractivity (Wildman–Crippen MR) is 101 cm³/mol. The van der Waals surface area contributed by atoms with Gasteiger partial charge in [0.25, 0.3) is 0 Å². The van der Waals surface area contributed by atoms with Crippen molar-refractivity contribution in [1.82, 2.24) is 5.32 Å². The van der Waals surface area contributed by atoms with E-state index in [9.17, 15) is 4.79 Å². The van der Waals surface area contributed by atoms with Crippen LogP contribution in [0.3, 0.4) is 0 Å². The maximum atomic E-state index is 11.8. The minimum absolute atomic E-state index is 0.0984. The van der Waals surface area contributed by atoms with Crippen LogP contribution in [0.2, 0.25) is 0 Å². The van der Waals surface area contributed by atoms with Crippen LogP contribution < -0.4 is 5.32 Å². The fraction of sp³-hybridized carbons (Fsp3) is 0.667. The second-order valence-electron chi connectivity index (χ2n) is 9.61. The molecule has 1 aromatic carbocycles. The van der Waals surface area contributed by atoms with Crippen LogP contribution in [0.1, 0.15) is 79.0 Å². The maximum absolute atomic E-state index is 11.8. The molecule has 0 aliphatic heterocycles. The summed E-state index contributed by atoms with van der Waals surface area (Å²) >= 11 is 0. The van der Waals surface area contributed by atoms with Crippen molar-refractivity contribution in [1.29, 1.82) is 0 Å². The SMILES string of the molecule is CC(C)(C)OC(=O)CNCc1cc(C(C)(C)C)cc(C(C)(C)C)c1. The lowest BCUT2D eigenvalue weighted by molar-refractivity contribution is -0.153. The molecule has 1 aromatic rings. The van der Waals surface area contributed by atoms with Crippen LogP contribution in [0.5, 0.6) is 0 Å². The monoisotopic (exact) mass is 333 g/mol. The number of nitrogens with one attached hydrogen (secondary N) is 1. The van der Waals surface area contributed by atoms with Crippen molar-refractivity contribution in [3.63, 3.8) is 0 Å². The molecule has 0 amide bonds. The van der Waals surface area contributed by atoms with E-state index < -0.39 is 5.60 Å². The third kappa shape index (κ3) is 7.04. The Morgan fingerprint density at radius 1 is 0.875 bits per heavy atom. The quantitative estimate of drug-likeness (QED) is 0.811. The average Bonchev–Trinajstić information content (AvgIpc) is 2.34. The van der Waals surface area contributed by atoms with Gasteiger partial charge in [-0.15, -0.1) is 0 Å². The van der Waals surface area contributed by atoms with Gasteiger partial charge in [-0.25, -0.2) is 0 Å². The van der Waals surface area contributed by atoms with Gasteiger partial charge in [-0.05, 0) is 48.3 Å². The average molecular weight is 334 g/mol. The van der Waals surface area contributed by atoms with Crippen LogP contribution >= 0.6 is 0 Å². The van der Waals surface area contributed by atoms with E-state index in [1.807, 2.05) is 20.8 Å². The van der Waals surface area contributed by atoms with Gasteiger partial charge in [0.15, 0.2) is 0 Å². The van der Waals surface area contributed by atoms with E-state index in [0.29, 0.717) is 6.54 Å². The summed E-state index contributed by atoms with van der Waals surface area (Å²) in [6, 6.07) is 6.77. The molecule has 0 aliphatic carbocycles. The van der Waals surface area contributed by atoms with Gasteiger partial charge in [-0.2, -0.15) is 0 Å². The van der Waals surface area contributed by atoms with Crippen LogP contribution in [-0.4, -0.2) is 18.1 Å². The van der Waals surface area contributed by atoms with Crippen molar-refractivity contribution in [3.05, 3.63) is 34.9 Å². The summed E-state index contributed by atoms with van der Waals surface area (Å²) < 4.78 is 5.33. The van der Waals surface area contributed by atoms with Gasteiger partial charge < -0.3 is 10.1 Å². The van der Waals surface area contributed by atoms with Gasteiger partial charge in [0.2, 0.25) is 0 Å². The molecule has 0 spiro atoms. The van der Waals surface area contributed by atoms with Gasteiger partial charge in [-0.1, -0.05) is 59.7 Å². The number of hydrogen-bond donors (Lipinski definition) is 1. The minimum atomic E-state index is -0.440. The zero-order chi connectivity index (χ0) is 18.8. The van der Waals surface area contributed by atoms with E-state index in [1.54, 1.807) is 0 Å². The van der Waals surface area contributed by atoms with E-state index in [0.717, 1.165) is 0 Å². The zero-order valence-corrected chi connectivity index (χ0v) is 17.0. The fourth-order valence-electron chi connectivity index (χ4n) is 2.35. The van der Waals surface area contributed by atoms with Gasteiger partial charge in [0, 0.05) is 6.54 Å². The van der Waals surface area contributed by atoms with Crippen LogP contribution in [0, 0.1) is 0 Å². The molecular weight excluding hydrogens is 298 g/mol. The van der Waals surface area contributed by atoms with Crippen molar-refractivity contribution < 1.29 is 9.53 Å². The van der Waals surface area contributed by atoms with Crippen LogP contribution in [0.4, 0.5) is 0 Å². The molecule has 136 valence electrons. The molecule has 3 nitrogen and oxygen atoms in total. The topological polar surface area (TPSA) is 38.3 Å². The summed E-state index contributed by atoms with van der Waals surface area (Å²) in [5, 5.41) is 3.21. The molecule has 3 heteroatoms. The molecule has 0 unspecified atom stereocenters. The lowest BCUT2D eigenvalue weighted by Crippen LogP contribution is -2.31. The van der Waals surface area contributed by atoms with Gasteiger partial charge >= 0.3 is 5.97 Å². The Bertz CT molecular complexity index is 537. The number of hydrogen-bond acceptors (Lipinski definition) is 3. The minimum Gasteiger partial charge on any atom is -0.459 e. The Kier molecular flexibility index (Phi) is 6.26. The molecule has 0 bridgehead atoms. The van der Waals surface area contributed by atoms with E-state index in [-0.39, 0.29) is 23.3 Å². The van der Waals surface area contributed by atoms with Crippen molar-refractivity contribution in [2.75, 3.05) is 6.54 Å². The van der Waals surface area contributed by atoms with Crippen LogP contribution in [0.25, 0.3) is 0 Å². The summed E-state index contributed by atoms with van der Waals surface area (Å²) in [5.41, 5.74) is 3.61. The molecule has 0 fully saturated rings. The largest absolute Gasteiger partial charge is 0.459 e. The number of carbonyl (C=O) groups is 1. The summed E-state index contributed by atoms with van der Waals surface area (Å²) in [4.78, 5) is 11.8. The zero-order valence-electron chi connectivity index (χ0n) is 17.0. The first kappa shape index (κ1) is 20.7. The third-order valence-corrected chi connectivity index (χ3v) is 3.74. The second-order valence-corrected chi connectivity index (χ2v) is 9.61. The van der Waals surface area contributed by atoms with Gasteiger partial charge in [0.05, 0.1) is 6.54 Å². The molecule has 0 saturated heterocycles. The fourth-order valence-corrected chi connectivity index (χ4v) is 2.35. The van der Waals surface area contributed by atoms with Gasteiger partial charge in [0.1, 0.15) is 5.60 Å². The van der Waals surface area contributed by atoms with Gasteiger partial charge in [-0.3, -0.25) is 4.79 Å². The van der Waals surface area contributed by atoms with Crippen molar-refractivity contribution >= 4 is 5.97 Å². The van der Waals surface area contributed by atoms with Crippen molar-refractivity contribution in [3.8, 4) is 0 Å². The Balaban J connectivity index is 2.86.